The van der Waals surface area contributed by atoms with E-state index in [1.165, 1.54) is 6.07 Å². The number of amides is 1. The van der Waals surface area contributed by atoms with Crippen molar-refractivity contribution in [2.45, 2.75) is 25.6 Å². The zero-order valence-electron chi connectivity index (χ0n) is 17.7. The van der Waals surface area contributed by atoms with E-state index < -0.39 is 11.7 Å². The van der Waals surface area contributed by atoms with Gasteiger partial charge in [-0.15, -0.1) is 0 Å². The van der Waals surface area contributed by atoms with Crippen molar-refractivity contribution in [2.75, 3.05) is 13.2 Å². The smallest absolute Gasteiger partial charge is 0.396 e. The molecule has 0 fully saturated rings. The summed E-state index contributed by atoms with van der Waals surface area (Å²) in [7, 11) is 0. The van der Waals surface area contributed by atoms with Crippen LogP contribution in [0.25, 0.3) is 22.0 Å². The van der Waals surface area contributed by atoms with Gasteiger partial charge in [-0.25, -0.2) is 0 Å². The second kappa shape index (κ2) is 9.50. The van der Waals surface area contributed by atoms with Crippen LogP contribution < -0.4 is 5.32 Å². The number of aliphatic hydroxyl groups excluding tert-OH is 1. The van der Waals surface area contributed by atoms with E-state index in [1.54, 1.807) is 24.7 Å². The number of aliphatic hydroxyl groups is 1. The van der Waals surface area contributed by atoms with E-state index in [-0.39, 0.29) is 25.5 Å². The van der Waals surface area contributed by atoms with Gasteiger partial charge in [0.15, 0.2) is 0 Å². The minimum atomic E-state index is -4.40. The summed E-state index contributed by atoms with van der Waals surface area (Å²) in [6.07, 6.45) is 1.66. The Morgan fingerprint density at radius 3 is 2.73 bits per heavy atom. The Morgan fingerprint density at radius 2 is 2.00 bits per heavy atom. The molecule has 2 aromatic heterocycles. The summed E-state index contributed by atoms with van der Waals surface area (Å²) in [4.78, 5) is 12.9. The fourth-order valence-corrected chi connectivity index (χ4v) is 3.81. The number of hydrogen-bond acceptors (Lipinski definition) is 3. The summed E-state index contributed by atoms with van der Waals surface area (Å²) in [5.74, 6) is -0.300. The average Bonchev–Trinajstić information content (AvgIpc) is 3.45. The molecule has 1 amide bonds. The molecule has 4 rings (SSSR count). The number of nitrogens with zero attached hydrogens (tertiary/aromatic N) is 2. The Labute approximate surface area is 188 Å². The summed E-state index contributed by atoms with van der Waals surface area (Å²) < 4.78 is 40.6. The molecule has 9 heteroatoms. The number of hydrogen-bond donors (Lipinski definition) is 3. The zero-order valence-corrected chi connectivity index (χ0v) is 17.7. The van der Waals surface area contributed by atoms with E-state index in [9.17, 15) is 23.1 Å². The lowest BCUT2D eigenvalue weighted by Gasteiger charge is -2.09. The molecular formula is C24H23F3N4O2. The summed E-state index contributed by atoms with van der Waals surface area (Å²) in [5.41, 5.74) is 2.98. The number of H-pyrrole nitrogens is 1. The highest BCUT2D eigenvalue weighted by molar-refractivity contribution is 6.07. The molecule has 2 heterocycles. The lowest BCUT2D eigenvalue weighted by molar-refractivity contribution is -0.137. The Kier molecular flexibility index (Phi) is 6.50. The summed E-state index contributed by atoms with van der Waals surface area (Å²) in [6, 6.07) is 10.9. The van der Waals surface area contributed by atoms with Crippen molar-refractivity contribution in [3.63, 3.8) is 0 Å². The number of nitrogens with one attached hydrogen (secondary N) is 2. The highest BCUT2D eigenvalue weighted by atomic mass is 19.4. The lowest BCUT2D eigenvalue weighted by atomic mass is 10.1. The van der Waals surface area contributed by atoms with Crippen LogP contribution in [0, 0.1) is 0 Å². The van der Waals surface area contributed by atoms with Crippen LogP contribution in [0.1, 0.15) is 27.9 Å². The number of benzene rings is 2. The largest absolute Gasteiger partial charge is 0.416 e. The third-order valence-electron chi connectivity index (χ3n) is 5.47. The van der Waals surface area contributed by atoms with Crippen LogP contribution in [-0.4, -0.2) is 38.9 Å². The van der Waals surface area contributed by atoms with Gasteiger partial charge < -0.3 is 15.0 Å². The summed E-state index contributed by atoms with van der Waals surface area (Å²) in [5, 5.41) is 19.6. The molecule has 0 aliphatic carbocycles. The van der Waals surface area contributed by atoms with E-state index in [0.29, 0.717) is 24.1 Å². The summed E-state index contributed by atoms with van der Waals surface area (Å²) in [6.45, 7) is 0.773. The first kappa shape index (κ1) is 22.6. The third kappa shape index (κ3) is 5.09. The van der Waals surface area contributed by atoms with Crippen molar-refractivity contribution in [3.8, 4) is 11.1 Å². The second-order valence-corrected chi connectivity index (χ2v) is 7.74. The first-order chi connectivity index (χ1) is 15.9. The Hall–Kier alpha value is -3.59. The number of carbonyl (C=O) groups is 1. The van der Waals surface area contributed by atoms with Gasteiger partial charge in [-0.2, -0.15) is 18.3 Å². The molecule has 0 spiro atoms. The SMILES string of the molecule is O=C(NCCc1cccc(C(F)(F)F)c1)c1cn(CCCO)c2cc(-c3cn[nH]c3)ccc12. The van der Waals surface area contributed by atoms with E-state index in [1.807, 2.05) is 22.8 Å². The molecule has 0 aliphatic heterocycles. The molecular weight excluding hydrogens is 433 g/mol. The van der Waals surface area contributed by atoms with Crippen LogP contribution in [0.3, 0.4) is 0 Å². The maximum atomic E-state index is 12.9. The number of rotatable bonds is 8. The van der Waals surface area contributed by atoms with Crippen molar-refractivity contribution >= 4 is 16.8 Å². The molecule has 0 aliphatic rings. The fourth-order valence-electron chi connectivity index (χ4n) is 3.81. The predicted molar refractivity (Wildman–Crippen MR) is 119 cm³/mol. The van der Waals surface area contributed by atoms with Gasteiger partial charge in [0, 0.05) is 48.6 Å². The number of aromatic nitrogens is 3. The van der Waals surface area contributed by atoms with Crippen molar-refractivity contribution in [1.29, 1.82) is 0 Å². The van der Waals surface area contributed by atoms with Crippen LogP contribution in [0.5, 0.6) is 0 Å². The molecule has 4 aromatic rings. The van der Waals surface area contributed by atoms with Gasteiger partial charge in [-0.1, -0.05) is 30.3 Å². The van der Waals surface area contributed by atoms with Crippen LogP contribution in [0.15, 0.2) is 61.1 Å². The highest BCUT2D eigenvalue weighted by Crippen LogP contribution is 2.30. The highest BCUT2D eigenvalue weighted by Gasteiger charge is 2.30. The second-order valence-electron chi connectivity index (χ2n) is 7.74. The van der Waals surface area contributed by atoms with Gasteiger partial charge in [-0.05, 0) is 36.1 Å². The molecule has 0 saturated heterocycles. The van der Waals surface area contributed by atoms with Crippen molar-refractivity contribution < 1.29 is 23.1 Å². The first-order valence-electron chi connectivity index (χ1n) is 10.5. The van der Waals surface area contributed by atoms with Crippen molar-refractivity contribution in [2.24, 2.45) is 0 Å². The standard InChI is InChI=1S/C24H23F3N4O2/c25-24(26,27)19-4-1-3-16(11-19)7-8-28-23(33)21-15-31(9-2-10-32)22-12-17(5-6-20(21)22)18-13-29-30-14-18/h1,3-6,11-15,32H,2,7-10H2,(H,28,33)(H,29,30). The fraction of sp³-hybridized carbons (Fsp3) is 0.250. The van der Waals surface area contributed by atoms with Crippen molar-refractivity contribution in [3.05, 3.63) is 77.7 Å². The monoisotopic (exact) mass is 456 g/mol. The van der Waals surface area contributed by atoms with Crippen LogP contribution >= 0.6 is 0 Å². The molecule has 33 heavy (non-hydrogen) atoms. The predicted octanol–water partition coefficient (Wildman–Crippen LogP) is 4.41. The number of aromatic amines is 1. The van der Waals surface area contributed by atoms with Gasteiger partial charge in [0.1, 0.15) is 0 Å². The maximum Gasteiger partial charge on any atom is 0.416 e. The van der Waals surface area contributed by atoms with Crippen molar-refractivity contribution in [1.82, 2.24) is 20.1 Å². The molecule has 0 saturated carbocycles. The molecule has 0 radical (unpaired) electrons. The topological polar surface area (TPSA) is 82.9 Å². The maximum absolute atomic E-state index is 12.9. The molecule has 6 nitrogen and oxygen atoms in total. The molecule has 0 bridgehead atoms. The first-order valence-corrected chi connectivity index (χ1v) is 10.5. The average molecular weight is 456 g/mol. The minimum absolute atomic E-state index is 0.0274. The van der Waals surface area contributed by atoms with E-state index in [2.05, 4.69) is 15.5 Å². The zero-order chi connectivity index (χ0) is 23.4. The number of carbonyl (C=O) groups excluding carboxylic acids is 1. The van der Waals surface area contributed by atoms with Crippen LogP contribution in [0.4, 0.5) is 13.2 Å². The van der Waals surface area contributed by atoms with Gasteiger partial charge in [0.2, 0.25) is 0 Å². The molecule has 3 N–H and O–H groups in total. The van der Waals surface area contributed by atoms with Gasteiger partial charge in [-0.3, -0.25) is 9.89 Å². The van der Waals surface area contributed by atoms with E-state index in [0.717, 1.165) is 34.2 Å². The minimum Gasteiger partial charge on any atom is -0.396 e. The molecule has 2 aromatic carbocycles. The molecule has 0 unspecified atom stereocenters. The quantitative estimate of drug-likeness (QED) is 0.367. The van der Waals surface area contributed by atoms with E-state index in [4.69, 9.17) is 0 Å². The van der Waals surface area contributed by atoms with Gasteiger partial charge in [0.05, 0.1) is 17.3 Å². The number of aryl methyl sites for hydroxylation is 1. The normalized spacial score (nSPS) is 11.8. The number of alkyl halides is 3. The molecule has 0 atom stereocenters. The van der Waals surface area contributed by atoms with Crippen LogP contribution in [-0.2, 0) is 19.1 Å². The van der Waals surface area contributed by atoms with Gasteiger partial charge >= 0.3 is 6.18 Å². The number of halogens is 3. The number of fused-ring (bicyclic) bond motifs is 1. The molecule has 172 valence electrons. The van der Waals surface area contributed by atoms with E-state index >= 15 is 0 Å². The summed E-state index contributed by atoms with van der Waals surface area (Å²) >= 11 is 0. The van der Waals surface area contributed by atoms with Crippen LogP contribution in [0.2, 0.25) is 0 Å². The Morgan fingerprint density at radius 1 is 1.15 bits per heavy atom. The lowest BCUT2D eigenvalue weighted by Crippen LogP contribution is -2.25. The van der Waals surface area contributed by atoms with Gasteiger partial charge in [0.25, 0.3) is 5.91 Å². The third-order valence-corrected chi connectivity index (χ3v) is 5.47. The Balaban J connectivity index is 1.53. The Bertz CT molecular complexity index is 1250.